The minimum Gasteiger partial charge on any atom is -0.481 e. The number of carboxylic acids is 1. The molecule has 1 aliphatic heterocycles. The molecular weight excluding hydrogens is 290 g/mol. The Labute approximate surface area is 140 Å². The van der Waals surface area contributed by atoms with Gasteiger partial charge >= 0.3 is 5.97 Å². The van der Waals surface area contributed by atoms with E-state index in [9.17, 15) is 9.59 Å². The van der Waals surface area contributed by atoms with Gasteiger partial charge in [-0.2, -0.15) is 0 Å². The number of amides is 1. The maximum Gasteiger partial charge on any atom is 0.303 e. The fraction of sp³-hybridized carbons (Fsp3) is 0.895. The summed E-state index contributed by atoms with van der Waals surface area (Å²) in [4.78, 5) is 25.7. The molecule has 1 heterocycles. The molecule has 1 saturated carbocycles. The Morgan fingerprint density at radius 3 is 2.43 bits per heavy atom. The Morgan fingerprint density at radius 1 is 1.09 bits per heavy atom. The van der Waals surface area contributed by atoms with Crippen LogP contribution in [0.25, 0.3) is 0 Å². The van der Waals surface area contributed by atoms with Crippen molar-refractivity contribution in [3.05, 3.63) is 0 Å². The van der Waals surface area contributed by atoms with Crippen LogP contribution in [0.3, 0.4) is 0 Å². The van der Waals surface area contributed by atoms with Crippen LogP contribution in [-0.4, -0.2) is 35.0 Å². The lowest BCUT2D eigenvalue weighted by molar-refractivity contribution is -0.138. The lowest BCUT2D eigenvalue weighted by atomic mass is 9.81. The summed E-state index contributed by atoms with van der Waals surface area (Å²) in [6.45, 7) is 3.77. The summed E-state index contributed by atoms with van der Waals surface area (Å²) in [5.74, 6) is 0.896. The fourth-order valence-electron chi connectivity index (χ4n) is 4.35. The van der Waals surface area contributed by atoms with E-state index >= 15 is 0 Å². The Morgan fingerprint density at radius 2 is 1.78 bits per heavy atom. The second-order valence-corrected chi connectivity index (χ2v) is 7.57. The van der Waals surface area contributed by atoms with E-state index in [1.807, 2.05) is 4.90 Å². The number of likely N-dealkylation sites (tertiary alicyclic amines) is 1. The molecule has 2 atom stereocenters. The molecule has 2 unspecified atom stereocenters. The summed E-state index contributed by atoms with van der Waals surface area (Å²) >= 11 is 0. The van der Waals surface area contributed by atoms with Crippen LogP contribution >= 0.6 is 0 Å². The number of carbonyl (C=O) groups is 2. The Balaban J connectivity index is 1.84. The zero-order valence-corrected chi connectivity index (χ0v) is 14.6. The van der Waals surface area contributed by atoms with Gasteiger partial charge in [-0.3, -0.25) is 9.59 Å². The van der Waals surface area contributed by atoms with Crippen molar-refractivity contribution in [3.63, 3.8) is 0 Å². The SMILES string of the molecule is CCC(CC1CCCCC1)C(=O)N1CCCC(CCC(=O)O)C1. The van der Waals surface area contributed by atoms with Gasteiger partial charge in [-0.25, -0.2) is 0 Å². The van der Waals surface area contributed by atoms with E-state index in [0.717, 1.165) is 44.7 Å². The number of hydrogen-bond donors (Lipinski definition) is 1. The van der Waals surface area contributed by atoms with Crippen molar-refractivity contribution in [1.29, 1.82) is 0 Å². The van der Waals surface area contributed by atoms with Gasteiger partial charge in [-0.1, -0.05) is 39.0 Å². The third kappa shape index (κ3) is 5.82. The molecule has 0 radical (unpaired) electrons. The van der Waals surface area contributed by atoms with Gasteiger partial charge in [-0.05, 0) is 43.9 Å². The van der Waals surface area contributed by atoms with Crippen LogP contribution in [-0.2, 0) is 9.59 Å². The van der Waals surface area contributed by atoms with E-state index in [1.54, 1.807) is 0 Å². The molecule has 2 aliphatic rings. The largest absolute Gasteiger partial charge is 0.481 e. The molecular formula is C19H33NO3. The molecule has 2 fully saturated rings. The van der Waals surface area contributed by atoms with Crippen LogP contribution in [0, 0.1) is 17.8 Å². The minimum absolute atomic E-state index is 0.177. The number of carboxylic acid groups (broad SMARTS) is 1. The molecule has 1 N–H and O–H groups in total. The second kappa shape index (κ2) is 9.29. The third-order valence-corrected chi connectivity index (χ3v) is 5.78. The van der Waals surface area contributed by atoms with Gasteiger partial charge in [0.1, 0.15) is 0 Å². The number of aliphatic carboxylic acids is 1. The molecule has 4 nitrogen and oxygen atoms in total. The summed E-state index contributed by atoms with van der Waals surface area (Å²) < 4.78 is 0. The zero-order valence-electron chi connectivity index (χ0n) is 14.6. The number of hydrogen-bond acceptors (Lipinski definition) is 2. The minimum atomic E-state index is -0.725. The predicted octanol–water partition coefficient (Wildman–Crippen LogP) is 4.09. The van der Waals surface area contributed by atoms with Crippen molar-refractivity contribution in [2.75, 3.05) is 13.1 Å². The topological polar surface area (TPSA) is 57.6 Å². The third-order valence-electron chi connectivity index (χ3n) is 5.78. The number of rotatable bonds is 7. The average molecular weight is 323 g/mol. The number of carbonyl (C=O) groups excluding carboxylic acids is 1. The lowest BCUT2D eigenvalue weighted by Gasteiger charge is -2.36. The van der Waals surface area contributed by atoms with Crippen LogP contribution in [0.5, 0.6) is 0 Å². The molecule has 0 aromatic rings. The molecule has 23 heavy (non-hydrogen) atoms. The first kappa shape index (κ1) is 18.3. The molecule has 0 aromatic carbocycles. The molecule has 4 heteroatoms. The normalized spacial score (nSPS) is 24.4. The number of nitrogens with zero attached hydrogens (tertiary/aromatic N) is 1. The van der Waals surface area contributed by atoms with E-state index in [2.05, 4.69) is 6.92 Å². The molecule has 1 amide bonds. The smallest absolute Gasteiger partial charge is 0.303 e. The highest BCUT2D eigenvalue weighted by atomic mass is 16.4. The van der Waals surface area contributed by atoms with Gasteiger partial charge in [0.25, 0.3) is 0 Å². The van der Waals surface area contributed by atoms with Crippen molar-refractivity contribution < 1.29 is 14.7 Å². The van der Waals surface area contributed by atoms with E-state index in [4.69, 9.17) is 5.11 Å². The highest BCUT2D eigenvalue weighted by Crippen LogP contribution is 2.32. The van der Waals surface area contributed by atoms with E-state index < -0.39 is 5.97 Å². The van der Waals surface area contributed by atoms with Gasteiger partial charge in [0, 0.05) is 25.4 Å². The van der Waals surface area contributed by atoms with Crippen molar-refractivity contribution in [1.82, 2.24) is 4.90 Å². The summed E-state index contributed by atoms with van der Waals surface area (Å²) in [6, 6.07) is 0. The van der Waals surface area contributed by atoms with Crippen LogP contribution in [0.1, 0.15) is 77.6 Å². The van der Waals surface area contributed by atoms with Crippen molar-refractivity contribution >= 4 is 11.9 Å². The first-order chi connectivity index (χ1) is 11.1. The average Bonchev–Trinajstić information content (AvgIpc) is 2.58. The Bertz CT molecular complexity index is 390. The van der Waals surface area contributed by atoms with Gasteiger partial charge in [-0.15, -0.1) is 0 Å². The summed E-state index contributed by atoms with van der Waals surface area (Å²) in [5, 5.41) is 8.85. The summed E-state index contributed by atoms with van der Waals surface area (Å²) in [7, 11) is 0. The summed E-state index contributed by atoms with van der Waals surface area (Å²) in [6.07, 6.45) is 11.6. The van der Waals surface area contributed by atoms with Crippen LogP contribution in [0.15, 0.2) is 0 Å². The van der Waals surface area contributed by atoms with Crippen molar-refractivity contribution in [3.8, 4) is 0 Å². The van der Waals surface area contributed by atoms with Crippen LogP contribution in [0.2, 0.25) is 0 Å². The maximum atomic E-state index is 12.9. The molecule has 132 valence electrons. The Kier molecular flexibility index (Phi) is 7.38. The van der Waals surface area contributed by atoms with Crippen LogP contribution in [0.4, 0.5) is 0 Å². The van der Waals surface area contributed by atoms with E-state index in [1.165, 1.54) is 32.1 Å². The zero-order chi connectivity index (χ0) is 16.7. The quantitative estimate of drug-likeness (QED) is 0.768. The Hall–Kier alpha value is -1.06. The molecule has 1 aliphatic carbocycles. The van der Waals surface area contributed by atoms with E-state index in [-0.39, 0.29) is 12.3 Å². The lowest BCUT2D eigenvalue weighted by Crippen LogP contribution is -2.43. The summed E-state index contributed by atoms with van der Waals surface area (Å²) in [5.41, 5.74) is 0. The molecule has 0 aromatic heterocycles. The van der Waals surface area contributed by atoms with Crippen molar-refractivity contribution in [2.45, 2.75) is 77.6 Å². The standard InChI is InChI=1S/C19H33NO3/c1-2-17(13-15-7-4-3-5-8-15)19(23)20-12-6-9-16(14-20)10-11-18(21)22/h15-17H,2-14H2,1H3,(H,21,22). The highest BCUT2D eigenvalue weighted by Gasteiger charge is 2.30. The monoisotopic (exact) mass is 323 g/mol. The van der Waals surface area contributed by atoms with Gasteiger partial charge in [0.2, 0.25) is 5.91 Å². The first-order valence-electron chi connectivity index (χ1n) is 9.60. The highest BCUT2D eigenvalue weighted by molar-refractivity contribution is 5.79. The predicted molar refractivity (Wildman–Crippen MR) is 91.1 cm³/mol. The first-order valence-corrected chi connectivity index (χ1v) is 9.60. The fourth-order valence-corrected chi connectivity index (χ4v) is 4.35. The van der Waals surface area contributed by atoms with Gasteiger partial charge in [0.05, 0.1) is 0 Å². The van der Waals surface area contributed by atoms with Crippen LogP contribution < -0.4 is 0 Å². The maximum absolute atomic E-state index is 12.9. The van der Waals surface area contributed by atoms with Gasteiger partial charge < -0.3 is 10.0 Å². The molecule has 1 saturated heterocycles. The molecule has 0 bridgehead atoms. The van der Waals surface area contributed by atoms with Gasteiger partial charge in [0.15, 0.2) is 0 Å². The number of piperidine rings is 1. The molecule has 2 rings (SSSR count). The van der Waals surface area contributed by atoms with E-state index in [0.29, 0.717) is 18.2 Å². The molecule has 0 spiro atoms. The van der Waals surface area contributed by atoms with Crippen molar-refractivity contribution in [2.24, 2.45) is 17.8 Å². The second-order valence-electron chi connectivity index (χ2n) is 7.57.